The third kappa shape index (κ3) is 4.87. The van der Waals surface area contributed by atoms with Gasteiger partial charge in [0.05, 0.1) is 24.5 Å². The van der Waals surface area contributed by atoms with E-state index in [0.29, 0.717) is 33.6 Å². The quantitative estimate of drug-likeness (QED) is 0.164. The number of Topliss-reactive ketones (excluding diaryl/α,β-unsaturated/α-hetero) is 1. The number of anilines is 1. The van der Waals surface area contributed by atoms with E-state index in [-0.39, 0.29) is 22.3 Å². The van der Waals surface area contributed by atoms with Crippen LogP contribution in [0.1, 0.15) is 34.6 Å². The van der Waals surface area contributed by atoms with Crippen LogP contribution in [0, 0.1) is 5.82 Å². The summed E-state index contributed by atoms with van der Waals surface area (Å²) in [6, 6.07) is 15.4. The number of aliphatic hydroxyl groups excluding tert-OH is 1. The minimum Gasteiger partial charge on any atom is -0.503 e. The normalized spacial score (nSPS) is 15.5. The van der Waals surface area contributed by atoms with Crippen LogP contribution in [-0.2, 0) is 10.5 Å². The second-order valence-corrected chi connectivity index (χ2v) is 10.1. The average Bonchev–Trinajstić information content (AvgIpc) is 3.65. The lowest BCUT2D eigenvalue weighted by Gasteiger charge is -2.24. The molecule has 0 fully saturated rings. The highest BCUT2D eigenvalue weighted by molar-refractivity contribution is 8.00. The largest absolute Gasteiger partial charge is 0.503 e. The van der Waals surface area contributed by atoms with Gasteiger partial charge in [-0.15, -0.1) is 10.2 Å². The van der Waals surface area contributed by atoms with Crippen molar-refractivity contribution in [1.29, 1.82) is 0 Å². The van der Waals surface area contributed by atoms with Gasteiger partial charge in [-0.05, 0) is 48.4 Å². The van der Waals surface area contributed by atoms with Gasteiger partial charge in [0.2, 0.25) is 10.9 Å². The molecule has 1 aliphatic heterocycles. The van der Waals surface area contributed by atoms with E-state index in [1.54, 1.807) is 48.5 Å². The van der Waals surface area contributed by atoms with Crippen molar-refractivity contribution >= 4 is 39.9 Å². The van der Waals surface area contributed by atoms with Gasteiger partial charge < -0.3 is 14.3 Å². The van der Waals surface area contributed by atoms with Crippen molar-refractivity contribution in [2.75, 3.05) is 11.5 Å². The van der Waals surface area contributed by atoms with Crippen molar-refractivity contribution in [3.8, 4) is 5.75 Å². The lowest BCUT2D eigenvalue weighted by molar-refractivity contribution is -0.117. The van der Waals surface area contributed by atoms with Gasteiger partial charge >= 0.3 is 0 Å². The zero-order valence-electron chi connectivity index (χ0n) is 19.5. The van der Waals surface area contributed by atoms with Gasteiger partial charge in [0, 0.05) is 5.75 Å². The Hall–Kier alpha value is -3.96. The van der Waals surface area contributed by atoms with Gasteiger partial charge in [-0.3, -0.25) is 14.5 Å². The topological polar surface area (TPSA) is 106 Å². The van der Waals surface area contributed by atoms with Crippen LogP contribution in [0.2, 0.25) is 0 Å². The van der Waals surface area contributed by atoms with Crippen molar-refractivity contribution < 1.29 is 28.2 Å². The number of halogens is 1. The number of carbonyl (C=O) groups excluding carboxylic acids is 2. The average molecular weight is 538 g/mol. The van der Waals surface area contributed by atoms with E-state index in [0.717, 1.165) is 11.3 Å². The van der Waals surface area contributed by atoms with Gasteiger partial charge in [0.1, 0.15) is 11.6 Å². The Kier molecular flexibility index (Phi) is 7.06. The molecule has 37 heavy (non-hydrogen) atoms. The number of ketones is 1. The van der Waals surface area contributed by atoms with Crippen LogP contribution in [0.3, 0.4) is 0 Å². The number of aromatic nitrogens is 2. The Labute approximate surface area is 219 Å². The van der Waals surface area contributed by atoms with Crippen LogP contribution >= 0.6 is 23.1 Å². The molecule has 2 aromatic heterocycles. The second-order valence-electron chi connectivity index (χ2n) is 7.88. The Bertz CT molecular complexity index is 1470. The highest BCUT2D eigenvalue weighted by Crippen LogP contribution is 2.44. The van der Waals surface area contributed by atoms with E-state index in [4.69, 9.17) is 9.15 Å². The Morgan fingerprint density at radius 3 is 2.65 bits per heavy atom. The van der Waals surface area contributed by atoms with Crippen LogP contribution < -0.4 is 9.64 Å². The first-order chi connectivity index (χ1) is 18.0. The number of ether oxygens (including phenoxy) is 1. The summed E-state index contributed by atoms with van der Waals surface area (Å²) in [5, 5.41) is 19.3. The van der Waals surface area contributed by atoms with E-state index in [1.165, 1.54) is 35.1 Å². The number of benzene rings is 2. The number of rotatable bonds is 9. The van der Waals surface area contributed by atoms with Crippen molar-refractivity contribution in [3.63, 3.8) is 0 Å². The van der Waals surface area contributed by atoms with Gasteiger partial charge in [0.15, 0.2) is 15.9 Å². The molecule has 1 amide bonds. The lowest BCUT2D eigenvalue weighted by atomic mass is 9.95. The van der Waals surface area contributed by atoms with Crippen LogP contribution in [0.25, 0.3) is 0 Å². The molecule has 0 bridgehead atoms. The van der Waals surface area contributed by atoms with Gasteiger partial charge in [0.25, 0.3) is 5.91 Å². The maximum absolute atomic E-state index is 14.0. The molecule has 0 saturated carbocycles. The first-order valence-corrected chi connectivity index (χ1v) is 13.1. The van der Waals surface area contributed by atoms with Crippen molar-refractivity contribution in [1.82, 2.24) is 10.2 Å². The number of carbonyl (C=O) groups is 2. The molecule has 1 atom stereocenters. The first kappa shape index (κ1) is 24.7. The van der Waals surface area contributed by atoms with Crippen LogP contribution in [0.15, 0.2) is 87.0 Å². The fourth-order valence-corrected chi connectivity index (χ4v) is 5.77. The second kappa shape index (κ2) is 10.6. The summed E-state index contributed by atoms with van der Waals surface area (Å²) >= 11 is 2.38. The molecule has 0 aliphatic carbocycles. The Morgan fingerprint density at radius 1 is 1.16 bits per heavy atom. The highest BCUT2D eigenvalue weighted by Gasteiger charge is 2.46. The summed E-state index contributed by atoms with van der Waals surface area (Å²) in [5.41, 5.74) is 0.950. The fraction of sp³-hybridized carbons (Fsp3) is 0.154. The lowest BCUT2D eigenvalue weighted by Crippen LogP contribution is -2.31. The van der Waals surface area contributed by atoms with Gasteiger partial charge in [-0.25, -0.2) is 4.39 Å². The van der Waals surface area contributed by atoms with E-state index in [1.807, 2.05) is 6.92 Å². The molecule has 4 aromatic rings. The summed E-state index contributed by atoms with van der Waals surface area (Å²) in [5.74, 6) is -1.46. The first-order valence-electron chi connectivity index (χ1n) is 11.2. The summed E-state index contributed by atoms with van der Waals surface area (Å²) < 4.78 is 25.3. The van der Waals surface area contributed by atoms with Crippen LogP contribution in [0.4, 0.5) is 9.52 Å². The molecule has 0 spiro atoms. The van der Waals surface area contributed by atoms with Crippen molar-refractivity contribution in [2.45, 2.75) is 23.1 Å². The predicted molar refractivity (Wildman–Crippen MR) is 136 cm³/mol. The number of furan rings is 1. The Morgan fingerprint density at radius 2 is 1.95 bits per heavy atom. The van der Waals surface area contributed by atoms with E-state index in [9.17, 15) is 19.1 Å². The van der Waals surface area contributed by atoms with E-state index in [2.05, 4.69) is 10.2 Å². The Balaban J connectivity index is 1.49. The molecule has 0 radical (unpaired) electrons. The molecule has 1 unspecified atom stereocenters. The summed E-state index contributed by atoms with van der Waals surface area (Å²) in [4.78, 5) is 27.8. The third-order valence-electron chi connectivity index (χ3n) is 5.62. The molecular weight excluding hydrogens is 517 g/mol. The number of nitrogens with zero attached hydrogens (tertiary/aromatic N) is 3. The number of hydrogen-bond donors (Lipinski definition) is 1. The number of amides is 1. The molecule has 5 rings (SSSR count). The third-order valence-corrected chi connectivity index (χ3v) is 7.72. The molecule has 2 aromatic carbocycles. The van der Waals surface area contributed by atoms with Crippen LogP contribution in [0.5, 0.6) is 5.75 Å². The number of aliphatic hydroxyl groups is 1. The minimum atomic E-state index is -0.974. The zero-order chi connectivity index (χ0) is 25.9. The maximum Gasteiger partial charge on any atom is 0.296 e. The fourth-order valence-electron chi connectivity index (χ4n) is 3.92. The SMILES string of the molecule is CCOc1ccc(C2C(C(=O)c3ccco3)=C(O)C(=O)N2c2nnc(SCc3ccccc3F)s2)cc1. The van der Waals surface area contributed by atoms with Crippen molar-refractivity contribution in [3.05, 3.63) is 101 Å². The molecule has 188 valence electrons. The molecule has 11 heteroatoms. The minimum absolute atomic E-state index is 0.00877. The molecule has 1 aliphatic rings. The van der Waals surface area contributed by atoms with Crippen LogP contribution in [-0.4, -0.2) is 33.6 Å². The number of hydrogen-bond acceptors (Lipinski definition) is 9. The van der Waals surface area contributed by atoms with E-state index < -0.39 is 23.5 Å². The van der Waals surface area contributed by atoms with Crippen molar-refractivity contribution in [2.24, 2.45) is 0 Å². The molecular formula is C26H20FN3O5S2. The smallest absolute Gasteiger partial charge is 0.296 e. The summed E-state index contributed by atoms with van der Waals surface area (Å²) in [6.45, 7) is 2.35. The summed E-state index contributed by atoms with van der Waals surface area (Å²) in [6.07, 6.45) is 1.34. The number of thioether (sulfide) groups is 1. The highest BCUT2D eigenvalue weighted by atomic mass is 32.2. The molecule has 1 N–H and O–H groups in total. The van der Waals surface area contributed by atoms with Gasteiger partial charge in [-0.1, -0.05) is 53.4 Å². The van der Waals surface area contributed by atoms with Gasteiger partial charge in [-0.2, -0.15) is 0 Å². The standard InChI is InChI=1S/C26H20FN3O5S2/c1-2-34-17-11-9-15(10-12-17)21-20(22(31)19-8-5-13-35-19)23(32)24(33)30(21)25-28-29-26(37-25)36-14-16-6-3-4-7-18(16)27/h3-13,21,32H,2,14H2,1H3. The maximum atomic E-state index is 14.0. The predicted octanol–water partition coefficient (Wildman–Crippen LogP) is 5.74. The summed E-state index contributed by atoms with van der Waals surface area (Å²) in [7, 11) is 0. The molecule has 0 saturated heterocycles. The molecule has 8 nitrogen and oxygen atoms in total. The zero-order valence-corrected chi connectivity index (χ0v) is 21.1. The monoisotopic (exact) mass is 537 g/mol. The van der Waals surface area contributed by atoms with E-state index >= 15 is 0 Å². The molecule has 3 heterocycles.